The second kappa shape index (κ2) is 11.1. The summed E-state index contributed by atoms with van der Waals surface area (Å²) in [7, 11) is 0. The number of aromatic nitrogens is 3. The predicted octanol–water partition coefficient (Wildman–Crippen LogP) is 1.39. The monoisotopic (exact) mass is 617 g/mol. The number of esters is 1. The summed E-state index contributed by atoms with van der Waals surface area (Å²) >= 11 is 0. The first-order valence-corrected chi connectivity index (χ1v) is 16.4. The molecule has 44 heavy (non-hydrogen) atoms. The third kappa shape index (κ3) is 4.62. The van der Waals surface area contributed by atoms with E-state index in [1.54, 1.807) is 6.08 Å². The third-order valence-corrected chi connectivity index (χ3v) is 13.1. The first kappa shape index (κ1) is 30.7. The molecule has 0 aromatic carbocycles. The van der Waals surface area contributed by atoms with Crippen LogP contribution in [0.2, 0.25) is 0 Å². The van der Waals surface area contributed by atoms with Crippen molar-refractivity contribution in [1.82, 2.24) is 15.0 Å². The number of rotatable bonds is 6. The first-order valence-electron chi connectivity index (χ1n) is 16.4. The van der Waals surface area contributed by atoms with Crippen molar-refractivity contribution in [3.8, 4) is 0 Å². The molecule has 5 fully saturated rings. The van der Waals surface area contributed by atoms with Crippen LogP contribution in [0, 0.1) is 34.5 Å². The van der Waals surface area contributed by atoms with E-state index < -0.39 is 42.9 Å². The highest BCUT2D eigenvalue weighted by Crippen LogP contribution is 2.70. The first-order chi connectivity index (χ1) is 21.0. The Morgan fingerprint density at radius 1 is 1.02 bits per heavy atom. The number of carbonyl (C=O) groups excluding carboxylic acids is 1. The summed E-state index contributed by atoms with van der Waals surface area (Å²) in [4.78, 5) is 11.8. The van der Waals surface area contributed by atoms with Gasteiger partial charge in [0.2, 0.25) is 0 Å². The molecule has 4 aliphatic carbocycles. The molecular formula is C32H47N3O9. The zero-order valence-corrected chi connectivity index (χ0v) is 25.6. The molecule has 0 unspecified atom stereocenters. The van der Waals surface area contributed by atoms with E-state index in [-0.39, 0.29) is 41.3 Å². The van der Waals surface area contributed by atoms with Crippen LogP contribution in [0.3, 0.4) is 0 Å². The lowest BCUT2D eigenvalue weighted by molar-refractivity contribution is -0.304. The van der Waals surface area contributed by atoms with Crippen molar-refractivity contribution in [3.05, 3.63) is 23.5 Å². The van der Waals surface area contributed by atoms with Gasteiger partial charge in [-0.3, -0.25) is 0 Å². The minimum absolute atomic E-state index is 0.00413. The van der Waals surface area contributed by atoms with Crippen LogP contribution in [0.4, 0.5) is 0 Å². The van der Waals surface area contributed by atoms with Crippen LogP contribution < -0.4 is 0 Å². The van der Waals surface area contributed by atoms with E-state index in [1.807, 2.05) is 10.9 Å². The molecule has 0 spiro atoms. The summed E-state index contributed by atoms with van der Waals surface area (Å²) in [5.41, 5.74) is 0.824. The standard InChI is InChI=1S/C32H47N3O9/c1-30-8-5-20(35-13-19(33-34-35)16-43-29-28(40)27(39)26(38)24(14-36)44-29)12-18(30)3-4-23-22(30)6-9-31(2)21(7-10-32(23,31)41)17-11-25(37)42-15-17/h11,13,18,20-24,26-29,36,38-41H,3-10,12,14-16H2,1-2H3/t18-,20+,21-,22+,23-,24-,26+,27+,28-,29-,30+,31-,32+/m1/s1. The minimum Gasteiger partial charge on any atom is -0.458 e. The summed E-state index contributed by atoms with van der Waals surface area (Å²) < 4.78 is 18.3. The number of fused-ring (bicyclic) bond motifs is 5. The van der Waals surface area contributed by atoms with Gasteiger partial charge in [0.05, 0.1) is 31.1 Å². The lowest BCUT2D eigenvalue weighted by Crippen LogP contribution is -2.62. The molecule has 12 heteroatoms. The smallest absolute Gasteiger partial charge is 0.331 e. The van der Waals surface area contributed by atoms with Gasteiger partial charge in [-0.2, -0.15) is 0 Å². The number of aliphatic hydroxyl groups is 5. The quantitative estimate of drug-likeness (QED) is 0.292. The lowest BCUT2D eigenvalue weighted by Gasteiger charge is -2.63. The van der Waals surface area contributed by atoms with Crippen LogP contribution in [-0.2, 0) is 25.6 Å². The van der Waals surface area contributed by atoms with Gasteiger partial charge in [0, 0.05) is 11.5 Å². The Hall–Kier alpha value is -1.93. The number of nitrogens with zero attached hydrogens (tertiary/aromatic N) is 3. The van der Waals surface area contributed by atoms with Gasteiger partial charge in [0.15, 0.2) is 6.29 Å². The molecule has 1 aromatic rings. The fraction of sp³-hybridized carbons (Fsp3) is 0.844. The maximum absolute atomic E-state index is 12.5. The molecule has 12 nitrogen and oxygen atoms in total. The normalized spacial score (nSPS) is 48.7. The topological polar surface area (TPSA) is 177 Å². The largest absolute Gasteiger partial charge is 0.458 e. The van der Waals surface area contributed by atoms with Crippen molar-refractivity contribution in [1.29, 1.82) is 0 Å². The van der Waals surface area contributed by atoms with Crippen molar-refractivity contribution < 1.29 is 44.5 Å². The summed E-state index contributed by atoms with van der Waals surface area (Å²) in [5.74, 6) is 1.20. The van der Waals surface area contributed by atoms with Gasteiger partial charge in [0.1, 0.15) is 36.7 Å². The average molecular weight is 618 g/mol. The highest BCUT2D eigenvalue weighted by Gasteiger charge is 2.67. The second-order valence-corrected chi connectivity index (χ2v) is 14.9. The number of aliphatic hydroxyl groups excluding tert-OH is 4. The Labute approximate surface area is 257 Å². The molecule has 5 N–H and O–H groups in total. The van der Waals surface area contributed by atoms with E-state index in [0.717, 1.165) is 63.4 Å². The fourth-order valence-corrected chi connectivity index (χ4v) is 10.6. The van der Waals surface area contributed by atoms with E-state index in [9.17, 15) is 30.3 Å². The van der Waals surface area contributed by atoms with Crippen molar-refractivity contribution in [2.24, 2.45) is 34.5 Å². The SMILES string of the molecule is C[C@]12CC[C@H](n3cc(CO[C@@H]4O[C@H](CO)[C@H](O)[C@H](O)[C@H]4O)nn3)C[C@H]1CC[C@@H]1[C@@H]2CC[C@]2(C)[C@@H](C3=CC(=O)OC3)CC[C@]12O. The zero-order chi connectivity index (χ0) is 31.0. The summed E-state index contributed by atoms with van der Waals surface area (Å²) in [5, 5.41) is 60.9. The van der Waals surface area contributed by atoms with Gasteiger partial charge in [0.25, 0.3) is 0 Å². The van der Waals surface area contributed by atoms with Crippen LogP contribution in [-0.4, -0.2) is 96.0 Å². The Kier molecular flexibility index (Phi) is 7.75. The maximum Gasteiger partial charge on any atom is 0.331 e. The number of hydrogen-bond acceptors (Lipinski definition) is 11. The van der Waals surface area contributed by atoms with Crippen molar-refractivity contribution in [3.63, 3.8) is 0 Å². The number of ether oxygens (including phenoxy) is 3. The van der Waals surface area contributed by atoms with Crippen LogP contribution in [0.1, 0.15) is 83.4 Å². The third-order valence-electron chi connectivity index (χ3n) is 13.1. The molecule has 0 radical (unpaired) electrons. The van der Waals surface area contributed by atoms with Gasteiger partial charge in [-0.1, -0.05) is 19.1 Å². The molecule has 244 valence electrons. The lowest BCUT2D eigenvalue weighted by atomic mass is 9.43. The zero-order valence-electron chi connectivity index (χ0n) is 25.6. The Morgan fingerprint density at radius 2 is 1.84 bits per heavy atom. The Morgan fingerprint density at radius 3 is 2.59 bits per heavy atom. The van der Waals surface area contributed by atoms with Crippen molar-refractivity contribution >= 4 is 5.97 Å². The van der Waals surface area contributed by atoms with E-state index in [2.05, 4.69) is 24.2 Å². The van der Waals surface area contributed by atoms with Gasteiger partial charge >= 0.3 is 5.97 Å². The molecule has 2 aliphatic heterocycles. The van der Waals surface area contributed by atoms with E-state index in [1.165, 1.54) is 0 Å². The summed E-state index contributed by atoms with van der Waals surface area (Å²) in [6, 6.07) is 0.206. The molecule has 7 rings (SSSR count). The van der Waals surface area contributed by atoms with Gasteiger partial charge < -0.3 is 39.7 Å². The molecule has 13 atom stereocenters. The summed E-state index contributed by atoms with van der Waals surface area (Å²) in [6.45, 7) is 4.57. The van der Waals surface area contributed by atoms with Gasteiger partial charge in [-0.25, -0.2) is 9.48 Å². The molecule has 4 saturated carbocycles. The van der Waals surface area contributed by atoms with Crippen molar-refractivity contribution in [2.75, 3.05) is 13.2 Å². The highest BCUT2D eigenvalue weighted by atomic mass is 16.7. The van der Waals surface area contributed by atoms with Crippen LogP contribution in [0.25, 0.3) is 0 Å². The second-order valence-electron chi connectivity index (χ2n) is 14.9. The van der Waals surface area contributed by atoms with E-state index >= 15 is 0 Å². The molecule has 6 aliphatic rings. The van der Waals surface area contributed by atoms with Gasteiger partial charge in [-0.05, 0) is 92.4 Å². The molecule has 3 heterocycles. The number of carbonyl (C=O) groups is 1. The molecule has 1 saturated heterocycles. The Balaban J connectivity index is 0.999. The fourth-order valence-electron chi connectivity index (χ4n) is 10.6. The minimum atomic E-state index is -1.49. The average Bonchev–Trinajstić information content (AvgIpc) is 3.72. The maximum atomic E-state index is 12.5. The van der Waals surface area contributed by atoms with E-state index in [0.29, 0.717) is 24.1 Å². The Bertz CT molecular complexity index is 1290. The van der Waals surface area contributed by atoms with Gasteiger partial charge in [-0.15, -0.1) is 5.10 Å². The van der Waals surface area contributed by atoms with E-state index in [4.69, 9.17) is 14.2 Å². The predicted molar refractivity (Wildman–Crippen MR) is 153 cm³/mol. The summed E-state index contributed by atoms with van der Waals surface area (Å²) in [6.07, 6.45) is 5.79. The molecule has 0 amide bonds. The number of cyclic esters (lactones) is 1. The highest BCUT2D eigenvalue weighted by molar-refractivity contribution is 5.85. The molecule has 1 aromatic heterocycles. The van der Waals surface area contributed by atoms with Crippen LogP contribution >= 0.6 is 0 Å². The molecular weight excluding hydrogens is 570 g/mol. The van der Waals surface area contributed by atoms with Crippen LogP contribution in [0.5, 0.6) is 0 Å². The van der Waals surface area contributed by atoms with Crippen molar-refractivity contribution in [2.45, 2.75) is 121 Å². The molecule has 0 bridgehead atoms. The van der Waals surface area contributed by atoms with Crippen LogP contribution in [0.15, 0.2) is 17.8 Å². The number of hydrogen-bond donors (Lipinski definition) is 5.